The van der Waals surface area contributed by atoms with E-state index in [1.807, 2.05) is 46.5 Å². The Kier molecular flexibility index (Phi) is 10.0. The normalized spacial score (nSPS) is 14.7. The van der Waals surface area contributed by atoms with E-state index in [1.54, 1.807) is 0 Å². The second kappa shape index (κ2) is 10.3. The lowest BCUT2D eigenvalue weighted by Crippen LogP contribution is -2.44. The first-order chi connectivity index (χ1) is 10.5. The fourth-order valence-corrected chi connectivity index (χ4v) is 1.58. The Morgan fingerprint density at radius 2 is 1.83 bits per heavy atom. The zero-order chi connectivity index (χ0) is 18.1. The molecule has 0 atom stereocenters. The topological polar surface area (TPSA) is 18.5 Å². The van der Waals surface area contributed by atoms with Crippen molar-refractivity contribution in [2.75, 3.05) is 0 Å². The van der Waals surface area contributed by atoms with Crippen LogP contribution in [0.3, 0.4) is 0 Å². The summed E-state index contributed by atoms with van der Waals surface area (Å²) in [6, 6.07) is 0. The maximum atomic E-state index is 6.00. The molecule has 1 radical (unpaired) electrons. The first-order valence-corrected chi connectivity index (χ1v) is 8.89. The molecule has 0 saturated carbocycles. The van der Waals surface area contributed by atoms with Crippen molar-refractivity contribution < 1.29 is 9.39 Å². The van der Waals surface area contributed by atoms with Gasteiger partial charge in [0.25, 0.3) is 0 Å². The molecule has 0 spiro atoms. The van der Waals surface area contributed by atoms with Crippen LogP contribution < -0.4 is 0 Å². The van der Waals surface area contributed by atoms with Gasteiger partial charge in [-0.25, -0.2) is 0 Å². The molecule has 0 heterocycles. The van der Waals surface area contributed by atoms with Gasteiger partial charge in [0.2, 0.25) is 0 Å². The number of hydrogen-bond acceptors (Lipinski definition) is 3. The minimum atomic E-state index is -0.359. The third-order valence-corrected chi connectivity index (χ3v) is 4.21. The van der Waals surface area contributed by atoms with E-state index in [4.69, 9.17) is 9.39 Å². The van der Waals surface area contributed by atoms with Gasteiger partial charge in [-0.05, 0) is 61.0 Å². The van der Waals surface area contributed by atoms with E-state index in [9.17, 15) is 0 Å². The van der Waals surface area contributed by atoms with Gasteiger partial charge in [0.05, 0.1) is 17.5 Å². The first-order valence-electron chi connectivity index (χ1n) is 8.44. The molecule has 0 N–H and O–H groups in total. The zero-order valence-electron chi connectivity index (χ0n) is 16.1. The first kappa shape index (κ1) is 22.4. The SMILES string of the molecule is CCC/C=C([B]OC(C)(C)C(C)(C)S)/C=C\C=C(/C)OC(C)C. The lowest BCUT2D eigenvalue weighted by atomic mass is 9.82. The van der Waals surface area contributed by atoms with Crippen LogP contribution in [0.15, 0.2) is 35.5 Å². The Bertz CT molecular complexity index is 429. The van der Waals surface area contributed by atoms with Crippen LogP contribution >= 0.6 is 12.6 Å². The van der Waals surface area contributed by atoms with E-state index in [-0.39, 0.29) is 16.5 Å². The molecule has 131 valence electrons. The Morgan fingerprint density at radius 3 is 2.30 bits per heavy atom. The van der Waals surface area contributed by atoms with Crippen LogP contribution in [0.1, 0.15) is 68.2 Å². The van der Waals surface area contributed by atoms with Gasteiger partial charge in [-0.3, -0.25) is 0 Å². The van der Waals surface area contributed by atoms with Gasteiger partial charge >= 0.3 is 7.48 Å². The summed E-state index contributed by atoms with van der Waals surface area (Å²) < 4.78 is 11.4. The monoisotopic (exact) mass is 337 g/mol. The Balaban J connectivity index is 4.85. The fourth-order valence-electron chi connectivity index (χ4n) is 1.53. The predicted octanol–water partition coefficient (Wildman–Crippen LogP) is 5.68. The van der Waals surface area contributed by atoms with Gasteiger partial charge in [0, 0.05) is 4.75 Å². The summed E-state index contributed by atoms with van der Waals surface area (Å²) in [5, 5.41) is 0. The lowest BCUT2D eigenvalue weighted by molar-refractivity contribution is 0.0846. The van der Waals surface area contributed by atoms with Crippen LogP contribution in [-0.2, 0) is 9.39 Å². The fraction of sp³-hybridized carbons (Fsp3) is 0.684. The molecule has 0 aliphatic carbocycles. The van der Waals surface area contributed by atoms with Crippen LogP contribution in [-0.4, -0.2) is 23.9 Å². The number of ether oxygens (including phenoxy) is 1. The quantitative estimate of drug-likeness (QED) is 0.239. The average Bonchev–Trinajstić information content (AvgIpc) is 2.39. The third kappa shape index (κ3) is 9.98. The minimum Gasteiger partial charge on any atom is -0.496 e. The maximum absolute atomic E-state index is 6.00. The largest absolute Gasteiger partial charge is 0.496 e. The second-order valence-electron chi connectivity index (χ2n) is 7.10. The van der Waals surface area contributed by atoms with Crippen LogP contribution in [0.25, 0.3) is 0 Å². The van der Waals surface area contributed by atoms with Gasteiger partial charge in [-0.15, -0.1) is 0 Å². The highest BCUT2D eigenvalue weighted by Gasteiger charge is 2.34. The molecule has 0 aromatic heterocycles. The van der Waals surface area contributed by atoms with Gasteiger partial charge in [-0.2, -0.15) is 12.6 Å². The average molecular weight is 337 g/mol. The van der Waals surface area contributed by atoms with Crippen molar-refractivity contribution in [2.24, 2.45) is 0 Å². The van der Waals surface area contributed by atoms with E-state index in [2.05, 4.69) is 53.3 Å². The molecule has 0 amide bonds. The van der Waals surface area contributed by atoms with E-state index < -0.39 is 0 Å². The summed E-state index contributed by atoms with van der Waals surface area (Å²) in [6.07, 6.45) is 10.5. The maximum Gasteiger partial charge on any atom is 0.330 e. The molecule has 0 rings (SSSR count). The number of rotatable bonds is 10. The lowest BCUT2D eigenvalue weighted by Gasteiger charge is -2.38. The Labute approximate surface area is 150 Å². The van der Waals surface area contributed by atoms with Crippen LogP contribution in [0, 0.1) is 0 Å². The molecule has 0 unspecified atom stereocenters. The highest BCUT2D eigenvalue weighted by molar-refractivity contribution is 7.81. The van der Waals surface area contributed by atoms with Crippen molar-refractivity contribution in [1.29, 1.82) is 0 Å². The molecule has 2 nitrogen and oxygen atoms in total. The number of unbranched alkanes of at least 4 members (excludes halogenated alkanes) is 1. The molecule has 0 fully saturated rings. The van der Waals surface area contributed by atoms with Crippen molar-refractivity contribution in [1.82, 2.24) is 0 Å². The molecule has 0 aliphatic heterocycles. The summed E-state index contributed by atoms with van der Waals surface area (Å²) in [5.41, 5.74) is 0.702. The number of hydrogen-bond donors (Lipinski definition) is 1. The van der Waals surface area contributed by atoms with Crippen molar-refractivity contribution in [3.63, 3.8) is 0 Å². The molecule has 0 saturated heterocycles. The van der Waals surface area contributed by atoms with E-state index in [0.29, 0.717) is 0 Å². The van der Waals surface area contributed by atoms with Gasteiger partial charge < -0.3 is 9.39 Å². The van der Waals surface area contributed by atoms with Crippen LogP contribution in [0.4, 0.5) is 0 Å². The molecular formula is C19H34BO2S. The summed E-state index contributed by atoms with van der Waals surface area (Å²) >= 11 is 4.63. The summed E-state index contributed by atoms with van der Waals surface area (Å²) in [6.45, 7) is 16.4. The Morgan fingerprint density at radius 1 is 1.22 bits per heavy atom. The molecule has 23 heavy (non-hydrogen) atoms. The summed E-state index contributed by atoms with van der Waals surface area (Å²) in [5.74, 6) is 0.906. The molecular weight excluding hydrogens is 303 g/mol. The molecule has 4 heteroatoms. The van der Waals surface area contributed by atoms with Crippen molar-refractivity contribution >= 4 is 20.1 Å². The standard InChI is InChI=1S/C19H34BO2S/c1-9-10-13-17(14-11-12-16(4)21-15(2)3)20-22-18(5,6)19(7,8)23/h11-15,23H,9-10H2,1-8H3/b14-11-,16-12+,17-13-. The zero-order valence-corrected chi connectivity index (χ0v) is 17.0. The smallest absolute Gasteiger partial charge is 0.330 e. The van der Waals surface area contributed by atoms with Crippen molar-refractivity contribution in [2.45, 2.75) is 84.7 Å². The molecule has 0 bridgehead atoms. The van der Waals surface area contributed by atoms with Gasteiger partial charge in [-0.1, -0.05) is 37.0 Å². The summed E-state index contributed by atoms with van der Waals surface area (Å²) in [7, 11) is 1.83. The van der Waals surface area contributed by atoms with E-state index in [1.165, 1.54) is 0 Å². The van der Waals surface area contributed by atoms with Gasteiger partial charge in [0.1, 0.15) is 0 Å². The number of thiol groups is 1. The van der Waals surface area contributed by atoms with Crippen molar-refractivity contribution in [3.8, 4) is 0 Å². The highest BCUT2D eigenvalue weighted by Crippen LogP contribution is 2.31. The predicted molar refractivity (Wildman–Crippen MR) is 106 cm³/mol. The molecule has 0 aliphatic rings. The third-order valence-electron chi connectivity index (χ3n) is 3.67. The Hall–Kier alpha value is -0.605. The summed E-state index contributed by atoms with van der Waals surface area (Å²) in [4.78, 5) is 0. The van der Waals surface area contributed by atoms with E-state index >= 15 is 0 Å². The van der Waals surface area contributed by atoms with Crippen molar-refractivity contribution in [3.05, 3.63) is 35.5 Å². The van der Waals surface area contributed by atoms with Crippen LogP contribution in [0.2, 0.25) is 0 Å². The van der Waals surface area contributed by atoms with Gasteiger partial charge in [0.15, 0.2) is 0 Å². The number of allylic oxidation sites excluding steroid dienone is 6. The highest BCUT2D eigenvalue weighted by atomic mass is 32.1. The van der Waals surface area contributed by atoms with E-state index in [0.717, 1.165) is 24.1 Å². The second-order valence-corrected chi connectivity index (χ2v) is 8.22. The molecule has 0 aromatic carbocycles. The van der Waals surface area contributed by atoms with Crippen LogP contribution in [0.5, 0.6) is 0 Å². The minimum absolute atomic E-state index is 0.197. The molecule has 0 aromatic rings.